The van der Waals surface area contributed by atoms with Crippen LogP contribution in [0.2, 0.25) is 0 Å². The SMILES string of the molecule is NC[C@H]1CCC[C@H]1C(=O)NCC1CCCCC1C(F)(F)F. The molecule has 4 atom stereocenters. The van der Waals surface area contributed by atoms with Gasteiger partial charge in [-0.05, 0) is 44.1 Å². The largest absolute Gasteiger partial charge is 0.392 e. The van der Waals surface area contributed by atoms with E-state index in [-0.39, 0.29) is 30.7 Å². The van der Waals surface area contributed by atoms with Gasteiger partial charge in [-0.1, -0.05) is 19.3 Å². The second kappa shape index (κ2) is 6.99. The van der Waals surface area contributed by atoms with Crippen molar-refractivity contribution in [3.05, 3.63) is 0 Å². The molecule has 122 valence electrons. The van der Waals surface area contributed by atoms with Crippen LogP contribution in [0.15, 0.2) is 0 Å². The van der Waals surface area contributed by atoms with Gasteiger partial charge in [0.1, 0.15) is 0 Å². The summed E-state index contributed by atoms with van der Waals surface area (Å²) in [5, 5.41) is 2.77. The van der Waals surface area contributed by atoms with E-state index in [9.17, 15) is 18.0 Å². The van der Waals surface area contributed by atoms with Gasteiger partial charge in [-0.15, -0.1) is 0 Å². The fraction of sp³-hybridized carbons (Fsp3) is 0.933. The first-order valence-corrected chi connectivity index (χ1v) is 7.98. The number of halogens is 3. The number of nitrogens with two attached hydrogens (primary N) is 1. The second-order valence-corrected chi connectivity index (χ2v) is 6.47. The summed E-state index contributed by atoms with van der Waals surface area (Å²) in [6.45, 7) is 0.628. The summed E-state index contributed by atoms with van der Waals surface area (Å²) in [7, 11) is 0. The molecule has 0 aromatic heterocycles. The van der Waals surface area contributed by atoms with Crippen molar-refractivity contribution in [2.45, 2.75) is 51.1 Å². The lowest BCUT2D eigenvalue weighted by Gasteiger charge is -2.33. The number of nitrogens with one attached hydrogen (secondary N) is 1. The third-order valence-electron chi connectivity index (χ3n) is 5.17. The number of carbonyl (C=O) groups is 1. The minimum atomic E-state index is -4.15. The lowest BCUT2D eigenvalue weighted by atomic mass is 9.78. The van der Waals surface area contributed by atoms with Crippen molar-refractivity contribution in [1.82, 2.24) is 5.32 Å². The first kappa shape index (κ1) is 16.6. The van der Waals surface area contributed by atoms with Crippen LogP contribution >= 0.6 is 0 Å². The Kier molecular flexibility index (Phi) is 5.52. The number of rotatable bonds is 4. The molecule has 3 nitrogen and oxygen atoms in total. The van der Waals surface area contributed by atoms with Crippen LogP contribution in [-0.2, 0) is 4.79 Å². The predicted octanol–water partition coefficient (Wildman–Crippen LogP) is 2.85. The maximum absolute atomic E-state index is 13.0. The highest BCUT2D eigenvalue weighted by atomic mass is 19.4. The predicted molar refractivity (Wildman–Crippen MR) is 74.4 cm³/mol. The Morgan fingerprint density at radius 3 is 2.38 bits per heavy atom. The van der Waals surface area contributed by atoms with E-state index in [0.717, 1.165) is 25.7 Å². The van der Waals surface area contributed by atoms with Gasteiger partial charge in [-0.2, -0.15) is 13.2 Å². The van der Waals surface area contributed by atoms with Crippen molar-refractivity contribution in [2.24, 2.45) is 29.4 Å². The van der Waals surface area contributed by atoms with Crippen LogP contribution in [0.3, 0.4) is 0 Å². The monoisotopic (exact) mass is 306 g/mol. The topological polar surface area (TPSA) is 55.1 Å². The molecule has 2 fully saturated rings. The highest BCUT2D eigenvalue weighted by molar-refractivity contribution is 5.79. The number of hydrogen-bond donors (Lipinski definition) is 2. The van der Waals surface area contributed by atoms with Gasteiger partial charge in [0.2, 0.25) is 5.91 Å². The molecule has 2 rings (SSSR count). The van der Waals surface area contributed by atoms with E-state index >= 15 is 0 Å². The molecule has 0 aromatic rings. The average Bonchev–Trinajstić information content (AvgIpc) is 2.92. The van der Waals surface area contributed by atoms with Crippen molar-refractivity contribution in [3.8, 4) is 0 Å². The summed E-state index contributed by atoms with van der Waals surface area (Å²) >= 11 is 0. The third kappa shape index (κ3) is 4.11. The normalized spacial score (nSPS) is 33.9. The van der Waals surface area contributed by atoms with Crippen LogP contribution in [0.4, 0.5) is 13.2 Å². The average molecular weight is 306 g/mol. The quantitative estimate of drug-likeness (QED) is 0.839. The van der Waals surface area contributed by atoms with E-state index in [1.165, 1.54) is 0 Å². The summed E-state index contributed by atoms with van der Waals surface area (Å²) in [5.41, 5.74) is 5.65. The van der Waals surface area contributed by atoms with Crippen molar-refractivity contribution in [1.29, 1.82) is 0 Å². The van der Waals surface area contributed by atoms with Crippen LogP contribution < -0.4 is 11.1 Å². The zero-order valence-corrected chi connectivity index (χ0v) is 12.3. The molecule has 6 heteroatoms. The standard InChI is InChI=1S/C15H25F3N2O/c16-15(17,18)13-7-2-1-4-11(13)9-20-14(21)12-6-3-5-10(12)8-19/h10-13H,1-9,19H2,(H,20,21)/t10-,11?,12-,13?/m1/s1. The molecule has 2 unspecified atom stereocenters. The minimum absolute atomic E-state index is 0.102. The zero-order valence-electron chi connectivity index (χ0n) is 12.3. The molecule has 21 heavy (non-hydrogen) atoms. The molecule has 3 N–H and O–H groups in total. The molecule has 0 spiro atoms. The highest BCUT2D eigenvalue weighted by Gasteiger charge is 2.45. The van der Waals surface area contributed by atoms with Crippen LogP contribution in [-0.4, -0.2) is 25.2 Å². The van der Waals surface area contributed by atoms with Gasteiger partial charge in [-0.25, -0.2) is 0 Å². The second-order valence-electron chi connectivity index (χ2n) is 6.47. The van der Waals surface area contributed by atoms with Crippen LogP contribution in [0.1, 0.15) is 44.9 Å². The maximum Gasteiger partial charge on any atom is 0.392 e. The van der Waals surface area contributed by atoms with Gasteiger partial charge < -0.3 is 11.1 Å². The molecule has 0 aliphatic heterocycles. The van der Waals surface area contributed by atoms with Gasteiger partial charge in [0, 0.05) is 12.5 Å². The molecule has 1 amide bonds. The molecule has 0 heterocycles. The molecule has 0 saturated heterocycles. The highest BCUT2D eigenvalue weighted by Crippen LogP contribution is 2.41. The fourth-order valence-electron chi connectivity index (χ4n) is 3.91. The molecule has 0 bridgehead atoms. The zero-order chi connectivity index (χ0) is 15.5. The third-order valence-corrected chi connectivity index (χ3v) is 5.17. The van der Waals surface area contributed by atoms with Crippen molar-refractivity contribution in [3.63, 3.8) is 0 Å². The first-order chi connectivity index (χ1) is 9.93. The Morgan fingerprint density at radius 1 is 1.05 bits per heavy atom. The van der Waals surface area contributed by atoms with Crippen molar-refractivity contribution >= 4 is 5.91 Å². The van der Waals surface area contributed by atoms with Gasteiger partial charge in [0.25, 0.3) is 0 Å². The maximum atomic E-state index is 13.0. The van der Waals surface area contributed by atoms with Crippen molar-refractivity contribution < 1.29 is 18.0 Å². The van der Waals surface area contributed by atoms with Gasteiger partial charge in [0.05, 0.1) is 5.92 Å². The molecule has 0 aromatic carbocycles. The summed E-state index contributed by atoms with van der Waals surface area (Å²) in [5.74, 6) is -1.76. The molecular formula is C15H25F3N2O. The van der Waals surface area contributed by atoms with E-state index in [2.05, 4.69) is 5.32 Å². The summed E-state index contributed by atoms with van der Waals surface area (Å²) in [4.78, 5) is 12.2. The molecular weight excluding hydrogens is 281 g/mol. The smallest absolute Gasteiger partial charge is 0.356 e. The van der Waals surface area contributed by atoms with E-state index < -0.39 is 18.0 Å². The van der Waals surface area contributed by atoms with Gasteiger partial charge in [-0.3, -0.25) is 4.79 Å². The van der Waals surface area contributed by atoms with Crippen LogP contribution in [0.25, 0.3) is 0 Å². The Bertz CT molecular complexity index is 359. The van der Waals surface area contributed by atoms with Crippen LogP contribution in [0.5, 0.6) is 0 Å². The van der Waals surface area contributed by atoms with E-state index in [1.54, 1.807) is 0 Å². The van der Waals surface area contributed by atoms with E-state index in [0.29, 0.717) is 19.4 Å². The number of carbonyl (C=O) groups excluding carboxylic acids is 1. The lowest BCUT2D eigenvalue weighted by Crippen LogP contribution is -2.42. The van der Waals surface area contributed by atoms with E-state index in [4.69, 9.17) is 5.73 Å². The minimum Gasteiger partial charge on any atom is -0.356 e. The number of alkyl halides is 3. The first-order valence-electron chi connectivity index (χ1n) is 7.98. The Hall–Kier alpha value is -0.780. The Labute approximate surface area is 123 Å². The lowest BCUT2D eigenvalue weighted by molar-refractivity contribution is -0.195. The summed E-state index contributed by atoms with van der Waals surface area (Å²) in [6.07, 6.45) is 0.782. The molecule has 0 radical (unpaired) electrons. The molecule has 2 saturated carbocycles. The molecule has 2 aliphatic rings. The summed E-state index contributed by atoms with van der Waals surface area (Å²) < 4.78 is 39.0. The number of hydrogen-bond acceptors (Lipinski definition) is 2. The molecule has 2 aliphatic carbocycles. The number of amides is 1. The van der Waals surface area contributed by atoms with Crippen molar-refractivity contribution in [2.75, 3.05) is 13.1 Å². The summed E-state index contributed by atoms with van der Waals surface area (Å²) in [6, 6.07) is 0. The Morgan fingerprint density at radius 2 is 1.71 bits per heavy atom. The van der Waals surface area contributed by atoms with E-state index in [1.807, 2.05) is 0 Å². The van der Waals surface area contributed by atoms with Gasteiger partial charge >= 0.3 is 6.18 Å². The fourth-order valence-corrected chi connectivity index (χ4v) is 3.91. The van der Waals surface area contributed by atoms with Crippen LogP contribution in [0, 0.1) is 23.7 Å². The Balaban J connectivity index is 1.87. The van der Waals surface area contributed by atoms with Gasteiger partial charge in [0.15, 0.2) is 0 Å².